The zero-order valence-corrected chi connectivity index (χ0v) is 16.2. The molecule has 11 heteroatoms. The summed E-state index contributed by atoms with van der Waals surface area (Å²) in [6.07, 6.45) is -12.3. The van der Waals surface area contributed by atoms with Crippen LogP contribution in [0.2, 0.25) is 0 Å². The predicted molar refractivity (Wildman–Crippen MR) is 99.6 cm³/mol. The van der Waals surface area contributed by atoms with E-state index in [0.29, 0.717) is 0 Å². The highest BCUT2D eigenvalue weighted by molar-refractivity contribution is 5.13. The monoisotopic (exact) mass is 431 g/mol. The molecule has 0 unspecified atom stereocenters. The molecule has 2 fully saturated rings. The van der Waals surface area contributed by atoms with Crippen LogP contribution in [-0.4, -0.2) is 105 Å². The zero-order valence-electron chi connectivity index (χ0n) is 16.2. The van der Waals surface area contributed by atoms with E-state index in [4.69, 9.17) is 24.7 Å². The van der Waals surface area contributed by atoms with Crippen LogP contribution in [0.25, 0.3) is 0 Å². The fourth-order valence-corrected chi connectivity index (χ4v) is 3.50. The summed E-state index contributed by atoms with van der Waals surface area (Å²) in [6, 6.07) is 8.18. The van der Waals surface area contributed by atoms with Crippen LogP contribution in [0.5, 0.6) is 0 Å². The number of benzene rings is 1. The van der Waals surface area contributed by atoms with E-state index in [1.165, 1.54) is 0 Å². The standard InChI is InChI=1S/C19H29NO10/c20-12-17(30-19-16(26)15(25)13(23)10(6-21)29-19)14(24)11(7-22)28-18(12)27-8-9-4-2-1-3-5-9/h1-5,10-19,21-26H,6-8,20H2/t10-,11-,12+,13+,14-,15+,16-,17-,18+,19+/m1/s1. The summed E-state index contributed by atoms with van der Waals surface area (Å²) < 4.78 is 22.2. The van der Waals surface area contributed by atoms with Crippen LogP contribution in [0.15, 0.2) is 30.3 Å². The van der Waals surface area contributed by atoms with Crippen molar-refractivity contribution in [3.8, 4) is 0 Å². The summed E-state index contributed by atoms with van der Waals surface area (Å²) in [7, 11) is 0. The molecule has 0 aromatic heterocycles. The van der Waals surface area contributed by atoms with Gasteiger partial charge in [-0.05, 0) is 5.56 Å². The van der Waals surface area contributed by atoms with Gasteiger partial charge in [0.2, 0.25) is 0 Å². The van der Waals surface area contributed by atoms with Crippen molar-refractivity contribution >= 4 is 0 Å². The molecule has 11 nitrogen and oxygen atoms in total. The van der Waals surface area contributed by atoms with E-state index in [2.05, 4.69) is 0 Å². The maximum absolute atomic E-state index is 10.5. The number of ether oxygens (including phenoxy) is 4. The van der Waals surface area contributed by atoms with Crippen LogP contribution in [-0.2, 0) is 25.6 Å². The van der Waals surface area contributed by atoms with E-state index in [-0.39, 0.29) is 6.61 Å². The van der Waals surface area contributed by atoms with Gasteiger partial charge in [-0.15, -0.1) is 0 Å². The second-order valence-electron chi connectivity index (χ2n) is 7.39. The van der Waals surface area contributed by atoms with Crippen LogP contribution in [0.1, 0.15) is 5.56 Å². The van der Waals surface area contributed by atoms with E-state index in [1.807, 2.05) is 30.3 Å². The molecule has 2 heterocycles. The molecular formula is C19H29NO10. The van der Waals surface area contributed by atoms with Crippen molar-refractivity contribution in [3.63, 3.8) is 0 Å². The van der Waals surface area contributed by atoms with Crippen LogP contribution in [0.4, 0.5) is 0 Å². The quantitative estimate of drug-likeness (QED) is 0.231. The van der Waals surface area contributed by atoms with Crippen molar-refractivity contribution in [3.05, 3.63) is 35.9 Å². The minimum Gasteiger partial charge on any atom is -0.394 e. The molecule has 3 rings (SSSR count). The third-order valence-corrected chi connectivity index (χ3v) is 5.30. The van der Waals surface area contributed by atoms with Crippen molar-refractivity contribution < 1.29 is 49.6 Å². The molecule has 10 atom stereocenters. The molecule has 1 aromatic carbocycles. The summed E-state index contributed by atoms with van der Waals surface area (Å²) in [4.78, 5) is 0. The van der Waals surface area contributed by atoms with E-state index in [9.17, 15) is 30.6 Å². The van der Waals surface area contributed by atoms with Gasteiger partial charge in [-0.25, -0.2) is 0 Å². The average Bonchev–Trinajstić information content (AvgIpc) is 2.76. The maximum Gasteiger partial charge on any atom is 0.187 e. The van der Waals surface area contributed by atoms with Gasteiger partial charge in [-0.3, -0.25) is 0 Å². The van der Waals surface area contributed by atoms with Crippen molar-refractivity contribution in [1.29, 1.82) is 0 Å². The topological polar surface area (TPSA) is 184 Å². The van der Waals surface area contributed by atoms with E-state index < -0.39 is 74.6 Å². The molecule has 2 aliphatic rings. The van der Waals surface area contributed by atoms with Crippen LogP contribution < -0.4 is 5.73 Å². The Balaban J connectivity index is 1.71. The van der Waals surface area contributed by atoms with Gasteiger partial charge in [0.25, 0.3) is 0 Å². The van der Waals surface area contributed by atoms with Gasteiger partial charge in [0, 0.05) is 0 Å². The van der Waals surface area contributed by atoms with E-state index in [0.717, 1.165) is 5.56 Å². The zero-order chi connectivity index (χ0) is 21.8. The minimum atomic E-state index is -1.67. The summed E-state index contributed by atoms with van der Waals surface area (Å²) in [5.41, 5.74) is 7.02. The lowest BCUT2D eigenvalue weighted by Crippen LogP contribution is -2.66. The lowest BCUT2D eigenvalue weighted by molar-refractivity contribution is -0.343. The van der Waals surface area contributed by atoms with Gasteiger partial charge in [-0.2, -0.15) is 0 Å². The maximum atomic E-state index is 10.5. The lowest BCUT2D eigenvalue weighted by atomic mass is 9.96. The Morgan fingerprint density at radius 3 is 2.03 bits per heavy atom. The predicted octanol–water partition coefficient (Wildman–Crippen LogP) is -3.21. The molecule has 0 amide bonds. The Labute approximate surface area is 173 Å². The van der Waals surface area contributed by atoms with Crippen molar-refractivity contribution in [2.75, 3.05) is 13.2 Å². The third-order valence-electron chi connectivity index (χ3n) is 5.30. The fourth-order valence-electron chi connectivity index (χ4n) is 3.50. The average molecular weight is 431 g/mol. The van der Waals surface area contributed by atoms with Gasteiger partial charge < -0.3 is 55.3 Å². The molecule has 0 saturated carbocycles. The molecule has 2 saturated heterocycles. The molecular weight excluding hydrogens is 402 g/mol. The molecule has 0 bridgehead atoms. The first-order chi connectivity index (χ1) is 14.4. The van der Waals surface area contributed by atoms with E-state index in [1.54, 1.807) is 0 Å². The van der Waals surface area contributed by atoms with Crippen molar-refractivity contribution in [2.45, 2.75) is 68.0 Å². The molecule has 0 aliphatic carbocycles. The smallest absolute Gasteiger partial charge is 0.187 e. The molecule has 30 heavy (non-hydrogen) atoms. The first-order valence-corrected chi connectivity index (χ1v) is 9.68. The SMILES string of the molecule is N[C@@H]1[C@@H](OCc2ccccc2)O[C@H](CO)[C@@H](O)[C@@H]1O[C@@H]1O[C@H](CO)[C@H](O)[C@H](O)[C@H]1O. The normalized spacial score (nSPS) is 42.2. The summed E-state index contributed by atoms with van der Waals surface area (Å²) in [5, 5.41) is 59.4. The number of aliphatic hydroxyl groups is 6. The lowest BCUT2D eigenvalue weighted by Gasteiger charge is -2.46. The van der Waals surface area contributed by atoms with Crippen LogP contribution >= 0.6 is 0 Å². The highest BCUT2D eigenvalue weighted by atomic mass is 16.7. The number of hydrogen-bond acceptors (Lipinski definition) is 11. The number of aliphatic hydroxyl groups excluding tert-OH is 6. The first kappa shape index (κ1) is 23.4. The Hall–Kier alpha value is -1.22. The van der Waals surface area contributed by atoms with Crippen molar-refractivity contribution in [1.82, 2.24) is 0 Å². The number of nitrogens with two attached hydrogens (primary N) is 1. The molecule has 0 spiro atoms. The molecule has 0 radical (unpaired) electrons. The summed E-state index contributed by atoms with van der Waals surface area (Å²) >= 11 is 0. The molecule has 1 aromatic rings. The number of hydrogen-bond donors (Lipinski definition) is 7. The van der Waals surface area contributed by atoms with Gasteiger partial charge in [0.1, 0.15) is 42.7 Å². The van der Waals surface area contributed by atoms with E-state index >= 15 is 0 Å². The first-order valence-electron chi connectivity index (χ1n) is 9.68. The second-order valence-corrected chi connectivity index (χ2v) is 7.39. The van der Waals surface area contributed by atoms with Gasteiger partial charge in [-0.1, -0.05) is 30.3 Å². The third kappa shape index (κ3) is 4.98. The fraction of sp³-hybridized carbons (Fsp3) is 0.684. The highest BCUT2D eigenvalue weighted by Crippen LogP contribution is 2.29. The van der Waals surface area contributed by atoms with Gasteiger partial charge >= 0.3 is 0 Å². The van der Waals surface area contributed by atoms with Crippen LogP contribution in [0, 0.1) is 0 Å². The van der Waals surface area contributed by atoms with Gasteiger partial charge in [0.15, 0.2) is 12.6 Å². The Bertz CT molecular complexity index is 649. The minimum absolute atomic E-state index is 0.153. The Morgan fingerprint density at radius 2 is 1.40 bits per heavy atom. The van der Waals surface area contributed by atoms with Crippen LogP contribution in [0.3, 0.4) is 0 Å². The summed E-state index contributed by atoms with van der Waals surface area (Å²) in [6.45, 7) is -1.02. The number of rotatable bonds is 7. The Kier molecular flexibility index (Phi) is 8.12. The highest BCUT2D eigenvalue weighted by Gasteiger charge is 2.50. The summed E-state index contributed by atoms with van der Waals surface area (Å²) in [5.74, 6) is 0. The van der Waals surface area contributed by atoms with Crippen molar-refractivity contribution in [2.24, 2.45) is 5.73 Å². The largest absolute Gasteiger partial charge is 0.394 e. The Morgan fingerprint density at radius 1 is 0.800 bits per heavy atom. The molecule has 170 valence electrons. The molecule has 2 aliphatic heterocycles. The second kappa shape index (κ2) is 10.4. The van der Waals surface area contributed by atoms with Gasteiger partial charge in [0.05, 0.1) is 25.9 Å². The molecule has 8 N–H and O–H groups in total.